The third-order valence-corrected chi connectivity index (χ3v) is 3.34. The molecular formula is C16H24N2O4. The fourth-order valence-electron chi connectivity index (χ4n) is 1.83. The molecule has 1 aromatic rings. The molecule has 0 aliphatic rings. The molecule has 0 aliphatic heterocycles. The van der Waals surface area contributed by atoms with Crippen LogP contribution in [0.1, 0.15) is 25.8 Å². The van der Waals surface area contributed by atoms with Crippen LogP contribution in [0.3, 0.4) is 0 Å². The molecule has 1 rings (SSSR count). The van der Waals surface area contributed by atoms with Gasteiger partial charge < -0.3 is 20.1 Å². The normalized spacial score (nSPS) is 11.5. The smallest absolute Gasteiger partial charge is 0.309 e. The van der Waals surface area contributed by atoms with E-state index < -0.39 is 11.8 Å². The van der Waals surface area contributed by atoms with Gasteiger partial charge in [0.2, 0.25) is 0 Å². The van der Waals surface area contributed by atoms with Crippen LogP contribution in [-0.4, -0.2) is 38.6 Å². The summed E-state index contributed by atoms with van der Waals surface area (Å²) in [5.74, 6) is 0.0893. The zero-order chi connectivity index (χ0) is 16.5. The van der Waals surface area contributed by atoms with Gasteiger partial charge in [0, 0.05) is 12.6 Å². The molecule has 0 heterocycles. The largest absolute Gasteiger partial charge is 0.493 e. The highest BCUT2D eigenvalue weighted by atomic mass is 16.5. The number of carbonyl (C=O) groups excluding carboxylic acids is 2. The maximum atomic E-state index is 11.6. The Labute approximate surface area is 131 Å². The van der Waals surface area contributed by atoms with E-state index in [1.807, 2.05) is 32.0 Å². The van der Waals surface area contributed by atoms with Crippen molar-refractivity contribution in [2.75, 3.05) is 20.8 Å². The maximum Gasteiger partial charge on any atom is 0.309 e. The highest BCUT2D eigenvalue weighted by Crippen LogP contribution is 2.27. The highest BCUT2D eigenvalue weighted by molar-refractivity contribution is 6.35. The number of carbonyl (C=O) groups is 2. The van der Waals surface area contributed by atoms with Crippen molar-refractivity contribution in [3.8, 4) is 11.5 Å². The molecule has 0 aromatic heterocycles. The van der Waals surface area contributed by atoms with E-state index in [4.69, 9.17) is 9.47 Å². The molecule has 2 N–H and O–H groups in total. The van der Waals surface area contributed by atoms with Gasteiger partial charge in [0.15, 0.2) is 11.5 Å². The Hall–Kier alpha value is -2.24. The predicted octanol–water partition coefficient (Wildman–Crippen LogP) is 1.28. The van der Waals surface area contributed by atoms with Gasteiger partial charge in [-0.1, -0.05) is 13.0 Å². The van der Waals surface area contributed by atoms with Crippen LogP contribution in [0, 0.1) is 0 Å². The second-order valence-corrected chi connectivity index (χ2v) is 4.98. The molecule has 0 saturated carbocycles. The quantitative estimate of drug-likeness (QED) is 0.744. The molecule has 1 unspecified atom stereocenters. The topological polar surface area (TPSA) is 76.7 Å². The van der Waals surface area contributed by atoms with Crippen molar-refractivity contribution in [3.63, 3.8) is 0 Å². The van der Waals surface area contributed by atoms with E-state index >= 15 is 0 Å². The number of hydrogen-bond acceptors (Lipinski definition) is 4. The van der Waals surface area contributed by atoms with Crippen LogP contribution in [0.4, 0.5) is 0 Å². The Morgan fingerprint density at radius 3 is 2.41 bits per heavy atom. The zero-order valence-corrected chi connectivity index (χ0v) is 13.6. The summed E-state index contributed by atoms with van der Waals surface area (Å²) < 4.78 is 10.4. The molecule has 122 valence electrons. The first-order valence-corrected chi connectivity index (χ1v) is 7.31. The number of nitrogens with one attached hydrogen (secondary N) is 2. The SMILES string of the molecule is CCC(C)NC(=O)C(=O)NCCc1ccc(OC)c(OC)c1. The van der Waals surface area contributed by atoms with Crippen molar-refractivity contribution in [2.24, 2.45) is 0 Å². The lowest BCUT2D eigenvalue weighted by molar-refractivity contribution is -0.139. The molecule has 1 atom stereocenters. The summed E-state index contributed by atoms with van der Waals surface area (Å²) in [6, 6.07) is 5.55. The molecule has 2 amide bonds. The van der Waals surface area contributed by atoms with Gasteiger partial charge in [-0.15, -0.1) is 0 Å². The molecule has 0 spiro atoms. The maximum absolute atomic E-state index is 11.6. The number of methoxy groups -OCH3 is 2. The molecule has 0 saturated heterocycles. The van der Waals surface area contributed by atoms with Gasteiger partial charge in [-0.05, 0) is 37.5 Å². The van der Waals surface area contributed by atoms with Crippen molar-refractivity contribution >= 4 is 11.8 Å². The van der Waals surface area contributed by atoms with Gasteiger partial charge in [-0.3, -0.25) is 9.59 Å². The Balaban J connectivity index is 2.47. The first-order valence-electron chi connectivity index (χ1n) is 7.31. The Morgan fingerprint density at radius 2 is 1.82 bits per heavy atom. The molecular weight excluding hydrogens is 284 g/mol. The Bertz CT molecular complexity index is 517. The molecule has 0 bridgehead atoms. The zero-order valence-electron chi connectivity index (χ0n) is 13.6. The van der Waals surface area contributed by atoms with Crippen molar-refractivity contribution in [2.45, 2.75) is 32.7 Å². The predicted molar refractivity (Wildman–Crippen MR) is 84.2 cm³/mol. The standard InChI is InChI=1S/C16H24N2O4/c1-5-11(2)18-16(20)15(19)17-9-8-12-6-7-13(21-3)14(10-12)22-4/h6-7,10-11H,5,8-9H2,1-4H3,(H,17,19)(H,18,20). The van der Waals surface area contributed by atoms with Crippen LogP contribution in [0.25, 0.3) is 0 Å². The molecule has 0 aliphatic carbocycles. The third kappa shape index (κ3) is 5.27. The average Bonchev–Trinajstić information content (AvgIpc) is 2.54. The summed E-state index contributed by atoms with van der Waals surface area (Å²) in [5, 5.41) is 5.23. The fourth-order valence-corrected chi connectivity index (χ4v) is 1.83. The first-order chi connectivity index (χ1) is 10.5. The summed E-state index contributed by atoms with van der Waals surface area (Å²) in [5.41, 5.74) is 0.986. The number of hydrogen-bond donors (Lipinski definition) is 2. The van der Waals surface area contributed by atoms with Crippen molar-refractivity contribution < 1.29 is 19.1 Å². The average molecular weight is 308 g/mol. The van der Waals surface area contributed by atoms with E-state index in [1.54, 1.807) is 14.2 Å². The van der Waals surface area contributed by atoms with E-state index in [2.05, 4.69) is 10.6 Å². The van der Waals surface area contributed by atoms with E-state index in [9.17, 15) is 9.59 Å². The van der Waals surface area contributed by atoms with Gasteiger partial charge in [0.1, 0.15) is 0 Å². The van der Waals surface area contributed by atoms with Crippen LogP contribution in [0.5, 0.6) is 11.5 Å². The van der Waals surface area contributed by atoms with E-state index in [0.717, 1.165) is 12.0 Å². The van der Waals surface area contributed by atoms with Crippen LogP contribution < -0.4 is 20.1 Å². The Kier molecular flexibility index (Phi) is 7.22. The molecule has 0 fully saturated rings. The van der Waals surface area contributed by atoms with Gasteiger partial charge >= 0.3 is 11.8 Å². The summed E-state index contributed by atoms with van der Waals surface area (Å²) in [4.78, 5) is 23.2. The number of rotatable bonds is 7. The van der Waals surface area contributed by atoms with Crippen molar-refractivity contribution in [3.05, 3.63) is 23.8 Å². The summed E-state index contributed by atoms with van der Waals surface area (Å²) >= 11 is 0. The van der Waals surface area contributed by atoms with Gasteiger partial charge in [0.25, 0.3) is 0 Å². The van der Waals surface area contributed by atoms with E-state index in [0.29, 0.717) is 24.5 Å². The van der Waals surface area contributed by atoms with Crippen LogP contribution >= 0.6 is 0 Å². The molecule has 0 radical (unpaired) electrons. The van der Waals surface area contributed by atoms with Crippen molar-refractivity contribution in [1.29, 1.82) is 0 Å². The second kappa shape index (κ2) is 8.92. The fraction of sp³-hybridized carbons (Fsp3) is 0.500. The minimum Gasteiger partial charge on any atom is -0.493 e. The van der Waals surface area contributed by atoms with Crippen LogP contribution in [0.2, 0.25) is 0 Å². The highest BCUT2D eigenvalue weighted by Gasteiger charge is 2.14. The summed E-state index contributed by atoms with van der Waals surface area (Å²) in [7, 11) is 3.15. The molecule has 6 nitrogen and oxygen atoms in total. The molecule has 6 heteroatoms. The van der Waals surface area contributed by atoms with Crippen molar-refractivity contribution in [1.82, 2.24) is 10.6 Å². The number of amides is 2. The third-order valence-electron chi connectivity index (χ3n) is 3.34. The second-order valence-electron chi connectivity index (χ2n) is 4.98. The number of benzene rings is 1. The molecule has 22 heavy (non-hydrogen) atoms. The monoisotopic (exact) mass is 308 g/mol. The van der Waals surface area contributed by atoms with Crippen LogP contribution in [-0.2, 0) is 16.0 Å². The minimum absolute atomic E-state index is 0.0101. The Morgan fingerprint density at radius 1 is 1.14 bits per heavy atom. The van der Waals surface area contributed by atoms with Gasteiger partial charge in [0.05, 0.1) is 14.2 Å². The number of ether oxygens (including phenoxy) is 2. The summed E-state index contributed by atoms with van der Waals surface area (Å²) in [6.07, 6.45) is 1.38. The van der Waals surface area contributed by atoms with Gasteiger partial charge in [-0.2, -0.15) is 0 Å². The molecule has 1 aromatic carbocycles. The van der Waals surface area contributed by atoms with Crippen LogP contribution in [0.15, 0.2) is 18.2 Å². The van der Waals surface area contributed by atoms with E-state index in [-0.39, 0.29) is 6.04 Å². The summed E-state index contributed by atoms with van der Waals surface area (Å²) in [6.45, 7) is 4.18. The lowest BCUT2D eigenvalue weighted by Gasteiger charge is -2.12. The lowest BCUT2D eigenvalue weighted by atomic mass is 10.1. The lowest BCUT2D eigenvalue weighted by Crippen LogP contribution is -2.43. The van der Waals surface area contributed by atoms with Gasteiger partial charge in [-0.25, -0.2) is 0 Å². The van der Waals surface area contributed by atoms with E-state index in [1.165, 1.54) is 0 Å². The first kappa shape index (κ1) is 17.8. The minimum atomic E-state index is -0.610.